The Bertz CT molecular complexity index is 1200. The lowest BCUT2D eigenvalue weighted by Gasteiger charge is -2.44. The fourth-order valence-corrected chi connectivity index (χ4v) is 5.50. The highest BCUT2D eigenvalue weighted by atomic mass is 16.5. The number of rotatable bonds is 9. The first-order valence-electron chi connectivity index (χ1n) is 12.5. The molecule has 2 aliphatic heterocycles. The molecule has 2 fully saturated rings. The van der Waals surface area contributed by atoms with Crippen molar-refractivity contribution >= 4 is 6.09 Å². The Labute approximate surface area is 218 Å². The number of benzene rings is 2. The summed E-state index contributed by atoms with van der Waals surface area (Å²) in [4.78, 5) is 15.8. The van der Waals surface area contributed by atoms with E-state index in [4.69, 9.17) is 14.2 Å². The van der Waals surface area contributed by atoms with Crippen LogP contribution in [0.5, 0.6) is 17.2 Å². The van der Waals surface area contributed by atoms with Crippen molar-refractivity contribution in [2.75, 3.05) is 27.3 Å². The largest absolute Gasteiger partial charge is 0.493 e. The monoisotopic (exact) mass is 503 g/mol. The van der Waals surface area contributed by atoms with Gasteiger partial charge in [-0.05, 0) is 69.0 Å². The van der Waals surface area contributed by atoms with Crippen LogP contribution in [0.25, 0.3) is 0 Å². The molecule has 4 unspecified atom stereocenters. The highest BCUT2D eigenvalue weighted by molar-refractivity contribution is 5.66. The zero-order valence-corrected chi connectivity index (χ0v) is 21.5. The number of amides is 1. The number of carboxylic acid groups (broad SMARTS) is 1. The Hall–Kier alpha value is -3.88. The van der Waals surface area contributed by atoms with Gasteiger partial charge in [0, 0.05) is 24.7 Å². The summed E-state index contributed by atoms with van der Waals surface area (Å²) in [7, 11) is 3.19. The summed E-state index contributed by atoms with van der Waals surface area (Å²) in [6.45, 7) is 3.10. The van der Waals surface area contributed by atoms with Crippen molar-refractivity contribution < 1.29 is 24.1 Å². The minimum atomic E-state index is -0.895. The van der Waals surface area contributed by atoms with Crippen molar-refractivity contribution in [1.29, 1.82) is 5.26 Å². The molecule has 0 spiro atoms. The summed E-state index contributed by atoms with van der Waals surface area (Å²) in [6.07, 6.45) is 2.43. The second kappa shape index (κ2) is 11.9. The van der Waals surface area contributed by atoms with Gasteiger partial charge in [-0.3, -0.25) is 9.80 Å². The van der Waals surface area contributed by atoms with Crippen molar-refractivity contribution in [3.63, 3.8) is 0 Å². The van der Waals surface area contributed by atoms with Crippen molar-refractivity contribution in [3.05, 3.63) is 53.6 Å². The number of hydrogen-bond donors (Lipinski definition) is 1. The number of nitrogens with zero attached hydrogens (tertiary/aromatic N) is 3. The summed E-state index contributed by atoms with van der Waals surface area (Å²) in [5.74, 6) is 7.96. The number of likely N-dealkylation sites (tertiary alicyclic amines) is 1. The van der Waals surface area contributed by atoms with E-state index in [0.29, 0.717) is 29.4 Å². The van der Waals surface area contributed by atoms with E-state index in [0.717, 1.165) is 37.8 Å². The summed E-state index contributed by atoms with van der Waals surface area (Å²) in [5, 5.41) is 18.9. The quantitative estimate of drug-likeness (QED) is 0.496. The van der Waals surface area contributed by atoms with Crippen LogP contribution in [0.3, 0.4) is 0 Å². The SMILES string of the molecule is CC#CC1C2CCC(CN1C(=O)O)N2CCCC(Oc1ccc(OC)c(OC)c1)c1ccc(C#N)cc1. The second-order valence-electron chi connectivity index (χ2n) is 9.31. The average molecular weight is 504 g/mol. The molecular weight excluding hydrogens is 470 g/mol. The lowest BCUT2D eigenvalue weighted by Crippen LogP contribution is -2.60. The van der Waals surface area contributed by atoms with Crippen LogP contribution in [0.1, 0.15) is 49.8 Å². The van der Waals surface area contributed by atoms with Crippen LogP contribution in [0, 0.1) is 23.2 Å². The Balaban J connectivity index is 1.49. The minimum absolute atomic E-state index is 0.113. The predicted molar refractivity (Wildman–Crippen MR) is 139 cm³/mol. The molecular formula is C29H33N3O5. The molecule has 8 nitrogen and oxygen atoms in total. The van der Waals surface area contributed by atoms with Gasteiger partial charge in [-0.1, -0.05) is 18.1 Å². The van der Waals surface area contributed by atoms with Gasteiger partial charge in [-0.15, -0.1) is 5.92 Å². The Morgan fingerprint density at radius 3 is 2.54 bits per heavy atom. The summed E-state index contributed by atoms with van der Waals surface area (Å²) in [6, 6.07) is 15.2. The summed E-state index contributed by atoms with van der Waals surface area (Å²) >= 11 is 0. The number of piperazine rings is 1. The van der Waals surface area contributed by atoms with Crippen LogP contribution in [-0.4, -0.2) is 66.4 Å². The third kappa shape index (κ3) is 5.76. The van der Waals surface area contributed by atoms with Gasteiger partial charge >= 0.3 is 6.09 Å². The molecule has 2 aliphatic rings. The molecule has 0 radical (unpaired) electrons. The fraction of sp³-hybridized carbons (Fsp3) is 0.448. The van der Waals surface area contributed by atoms with Crippen molar-refractivity contribution in [3.8, 4) is 35.2 Å². The van der Waals surface area contributed by atoms with Gasteiger partial charge in [0.2, 0.25) is 0 Å². The summed E-state index contributed by atoms with van der Waals surface area (Å²) < 4.78 is 17.2. The molecule has 8 heteroatoms. The maximum absolute atomic E-state index is 11.8. The van der Waals surface area contributed by atoms with E-state index in [1.165, 1.54) is 4.90 Å². The van der Waals surface area contributed by atoms with Crippen LogP contribution in [0.2, 0.25) is 0 Å². The number of fused-ring (bicyclic) bond motifs is 2. The first-order chi connectivity index (χ1) is 18.0. The van der Waals surface area contributed by atoms with Crippen molar-refractivity contribution in [2.45, 2.75) is 56.8 Å². The van der Waals surface area contributed by atoms with Gasteiger partial charge < -0.3 is 19.3 Å². The van der Waals surface area contributed by atoms with E-state index in [2.05, 4.69) is 22.8 Å². The molecule has 2 heterocycles. The Kier molecular flexibility index (Phi) is 8.43. The topological polar surface area (TPSA) is 95.3 Å². The zero-order chi connectivity index (χ0) is 26.4. The van der Waals surface area contributed by atoms with E-state index in [-0.39, 0.29) is 24.2 Å². The van der Waals surface area contributed by atoms with Gasteiger partial charge in [0.25, 0.3) is 0 Å². The van der Waals surface area contributed by atoms with Crippen LogP contribution >= 0.6 is 0 Å². The maximum Gasteiger partial charge on any atom is 0.408 e. The number of ether oxygens (including phenoxy) is 3. The van der Waals surface area contributed by atoms with Gasteiger partial charge in [-0.2, -0.15) is 5.26 Å². The van der Waals surface area contributed by atoms with Crippen LogP contribution in [0.4, 0.5) is 4.79 Å². The number of methoxy groups -OCH3 is 2. The maximum atomic E-state index is 11.8. The number of nitriles is 1. The van der Waals surface area contributed by atoms with E-state index in [1.807, 2.05) is 30.3 Å². The third-order valence-corrected chi connectivity index (χ3v) is 7.26. The van der Waals surface area contributed by atoms with E-state index >= 15 is 0 Å². The Morgan fingerprint density at radius 1 is 1.14 bits per heavy atom. The second-order valence-corrected chi connectivity index (χ2v) is 9.31. The average Bonchev–Trinajstić information content (AvgIpc) is 3.21. The lowest BCUT2D eigenvalue weighted by molar-refractivity contribution is 0.0380. The van der Waals surface area contributed by atoms with Crippen LogP contribution in [-0.2, 0) is 0 Å². The number of hydrogen-bond acceptors (Lipinski definition) is 6. The van der Waals surface area contributed by atoms with Crippen molar-refractivity contribution in [2.24, 2.45) is 0 Å². The first-order valence-corrected chi connectivity index (χ1v) is 12.5. The molecule has 4 rings (SSSR count). The van der Waals surface area contributed by atoms with Gasteiger partial charge in [0.05, 0.1) is 25.9 Å². The molecule has 2 aromatic rings. The molecule has 37 heavy (non-hydrogen) atoms. The highest BCUT2D eigenvalue weighted by Gasteiger charge is 2.47. The van der Waals surface area contributed by atoms with E-state index in [1.54, 1.807) is 33.3 Å². The molecule has 1 N–H and O–H groups in total. The molecule has 2 bridgehead atoms. The molecule has 2 aromatic carbocycles. The van der Waals surface area contributed by atoms with Gasteiger partial charge in [0.15, 0.2) is 11.5 Å². The van der Waals surface area contributed by atoms with Gasteiger partial charge in [-0.25, -0.2) is 4.79 Å². The standard InChI is InChI=1S/C29H33N3O5/c1-4-6-24-25-14-12-22(19-32(24)29(33)34)31(25)16-5-7-26(21-10-8-20(18-30)9-11-21)37-23-13-15-27(35-2)28(17-23)36-3/h8-11,13,15,17,22,24-26H,5,7,12,14,16,19H2,1-3H3,(H,33,34). The minimum Gasteiger partial charge on any atom is -0.493 e. The van der Waals surface area contributed by atoms with Crippen LogP contribution in [0.15, 0.2) is 42.5 Å². The predicted octanol–water partition coefficient (Wildman–Crippen LogP) is 4.69. The smallest absolute Gasteiger partial charge is 0.408 e. The van der Waals surface area contributed by atoms with E-state index < -0.39 is 6.09 Å². The molecule has 194 valence electrons. The zero-order valence-electron chi connectivity index (χ0n) is 21.5. The molecule has 2 saturated heterocycles. The lowest BCUT2D eigenvalue weighted by atomic mass is 10.0. The molecule has 0 aromatic heterocycles. The summed E-state index contributed by atoms with van der Waals surface area (Å²) in [5.41, 5.74) is 1.59. The van der Waals surface area contributed by atoms with Crippen LogP contribution < -0.4 is 14.2 Å². The molecule has 1 amide bonds. The fourth-order valence-electron chi connectivity index (χ4n) is 5.50. The normalized spacial score (nSPS) is 21.4. The van der Waals surface area contributed by atoms with E-state index in [9.17, 15) is 15.2 Å². The Morgan fingerprint density at radius 2 is 1.89 bits per heavy atom. The molecule has 0 saturated carbocycles. The van der Waals surface area contributed by atoms with Gasteiger partial charge in [0.1, 0.15) is 17.9 Å². The molecule has 4 atom stereocenters. The first kappa shape index (κ1) is 26.2. The molecule has 0 aliphatic carbocycles. The third-order valence-electron chi connectivity index (χ3n) is 7.26. The highest BCUT2D eigenvalue weighted by Crippen LogP contribution is 2.36. The number of carbonyl (C=O) groups is 1. The van der Waals surface area contributed by atoms with Crippen molar-refractivity contribution in [1.82, 2.24) is 9.80 Å².